The van der Waals surface area contributed by atoms with E-state index in [1.165, 1.54) is 57.9 Å². The summed E-state index contributed by atoms with van der Waals surface area (Å²) in [7, 11) is 0. The molecule has 0 amide bonds. The third-order valence-corrected chi connectivity index (χ3v) is 5.80. The summed E-state index contributed by atoms with van der Waals surface area (Å²) in [6.07, 6.45) is 11.6. The fourth-order valence-electron chi connectivity index (χ4n) is 3.96. The van der Waals surface area contributed by atoms with E-state index in [0.717, 1.165) is 29.7 Å². The van der Waals surface area contributed by atoms with Crippen LogP contribution in [0.15, 0.2) is 0 Å². The molecule has 106 valence electrons. The second-order valence-electron chi connectivity index (χ2n) is 7.24. The molecule has 1 N–H and O–H groups in total. The summed E-state index contributed by atoms with van der Waals surface area (Å²) in [6, 6.07) is 0.802. The molecule has 2 aliphatic carbocycles. The van der Waals surface area contributed by atoms with E-state index in [9.17, 15) is 0 Å². The molecule has 2 rings (SSSR count). The normalized spacial score (nSPS) is 41.8. The van der Waals surface area contributed by atoms with Gasteiger partial charge in [0.15, 0.2) is 0 Å². The fourth-order valence-corrected chi connectivity index (χ4v) is 3.96. The van der Waals surface area contributed by atoms with Gasteiger partial charge in [0, 0.05) is 6.04 Å². The van der Waals surface area contributed by atoms with Crippen LogP contribution < -0.4 is 5.32 Å². The molecule has 0 bridgehead atoms. The molecule has 0 spiro atoms. The molecule has 0 radical (unpaired) electrons. The van der Waals surface area contributed by atoms with Crippen LogP contribution in [0.25, 0.3) is 0 Å². The maximum Gasteiger partial charge on any atom is 0.00952 e. The van der Waals surface area contributed by atoms with Gasteiger partial charge in [-0.1, -0.05) is 59.3 Å². The maximum absolute atomic E-state index is 3.86. The average molecular weight is 251 g/mol. The molecule has 2 fully saturated rings. The first kappa shape index (κ1) is 14.4. The summed E-state index contributed by atoms with van der Waals surface area (Å²) >= 11 is 0. The second-order valence-corrected chi connectivity index (χ2v) is 7.24. The van der Waals surface area contributed by atoms with E-state index in [4.69, 9.17) is 0 Å². The van der Waals surface area contributed by atoms with Gasteiger partial charge < -0.3 is 5.32 Å². The van der Waals surface area contributed by atoms with Crippen molar-refractivity contribution in [3.63, 3.8) is 0 Å². The Morgan fingerprint density at radius 3 is 2.33 bits per heavy atom. The third kappa shape index (κ3) is 3.98. The van der Waals surface area contributed by atoms with Crippen LogP contribution in [0.2, 0.25) is 0 Å². The Hall–Kier alpha value is -0.0400. The van der Waals surface area contributed by atoms with Crippen LogP contribution in [0.1, 0.15) is 72.1 Å². The van der Waals surface area contributed by atoms with E-state index in [2.05, 4.69) is 26.1 Å². The summed E-state index contributed by atoms with van der Waals surface area (Å²) in [5, 5.41) is 3.86. The van der Waals surface area contributed by atoms with Crippen molar-refractivity contribution in [2.45, 2.75) is 78.2 Å². The first-order chi connectivity index (χ1) is 8.66. The van der Waals surface area contributed by atoms with Crippen molar-refractivity contribution in [2.24, 2.45) is 23.7 Å². The highest BCUT2D eigenvalue weighted by Gasteiger charge is 2.26. The average Bonchev–Trinajstić information content (AvgIpc) is 2.37. The first-order valence-electron chi connectivity index (χ1n) is 8.40. The highest BCUT2D eigenvalue weighted by molar-refractivity contribution is 4.82. The van der Waals surface area contributed by atoms with Gasteiger partial charge in [0.05, 0.1) is 0 Å². The quantitative estimate of drug-likeness (QED) is 0.769. The molecule has 0 aromatic rings. The molecule has 0 saturated heterocycles. The zero-order valence-electron chi connectivity index (χ0n) is 12.8. The standard InChI is InChI=1S/C17H33N/c1-13-7-9-16(10-8-13)11-12-18-17-6-4-5-14(2)15(17)3/h13-18H,4-12H2,1-3H3. The van der Waals surface area contributed by atoms with E-state index in [0.29, 0.717) is 0 Å². The summed E-state index contributed by atoms with van der Waals surface area (Å²) in [6.45, 7) is 8.56. The van der Waals surface area contributed by atoms with Gasteiger partial charge in [0.25, 0.3) is 0 Å². The van der Waals surface area contributed by atoms with Crippen LogP contribution in [-0.2, 0) is 0 Å². The van der Waals surface area contributed by atoms with Gasteiger partial charge in [-0.25, -0.2) is 0 Å². The molecule has 2 saturated carbocycles. The van der Waals surface area contributed by atoms with Gasteiger partial charge in [-0.05, 0) is 43.1 Å². The highest BCUT2D eigenvalue weighted by Crippen LogP contribution is 2.31. The lowest BCUT2D eigenvalue weighted by Gasteiger charge is -2.35. The van der Waals surface area contributed by atoms with Crippen LogP contribution in [-0.4, -0.2) is 12.6 Å². The van der Waals surface area contributed by atoms with Gasteiger partial charge in [-0.15, -0.1) is 0 Å². The number of hydrogen-bond acceptors (Lipinski definition) is 1. The Bertz CT molecular complexity index is 230. The van der Waals surface area contributed by atoms with Crippen molar-refractivity contribution in [1.82, 2.24) is 5.32 Å². The summed E-state index contributed by atoms with van der Waals surface area (Å²) in [4.78, 5) is 0. The van der Waals surface area contributed by atoms with Gasteiger partial charge in [-0.2, -0.15) is 0 Å². The van der Waals surface area contributed by atoms with Crippen LogP contribution in [0.4, 0.5) is 0 Å². The largest absolute Gasteiger partial charge is 0.314 e. The van der Waals surface area contributed by atoms with Gasteiger partial charge in [-0.3, -0.25) is 0 Å². The van der Waals surface area contributed by atoms with Crippen molar-refractivity contribution in [2.75, 3.05) is 6.54 Å². The van der Waals surface area contributed by atoms with Gasteiger partial charge >= 0.3 is 0 Å². The van der Waals surface area contributed by atoms with Crippen molar-refractivity contribution < 1.29 is 0 Å². The molecule has 1 heteroatoms. The molecule has 3 atom stereocenters. The number of hydrogen-bond donors (Lipinski definition) is 1. The van der Waals surface area contributed by atoms with E-state index < -0.39 is 0 Å². The van der Waals surface area contributed by atoms with Gasteiger partial charge in [0.2, 0.25) is 0 Å². The van der Waals surface area contributed by atoms with Crippen LogP contribution >= 0.6 is 0 Å². The molecule has 0 aliphatic heterocycles. The van der Waals surface area contributed by atoms with E-state index >= 15 is 0 Å². The topological polar surface area (TPSA) is 12.0 Å². The Morgan fingerprint density at radius 1 is 0.889 bits per heavy atom. The minimum absolute atomic E-state index is 0.802. The molecule has 2 aliphatic rings. The highest BCUT2D eigenvalue weighted by atomic mass is 14.9. The predicted molar refractivity (Wildman–Crippen MR) is 79.7 cm³/mol. The van der Waals surface area contributed by atoms with E-state index in [1.807, 2.05) is 0 Å². The molecule has 18 heavy (non-hydrogen) atoms. The smallest absolute Gasteiger partial charge is 0.00952 e. The van der Waals surface area contributed by atoms with Crippen LogP contribution in [0, 0.1) is 23.7 Å². The molecule has 1 nitrogen and oxygen atoms in total. The zero-order chi connectivity index (χ0) is 13.0. The van der Waals surface area contributed by atoms with E-state index in [1.54, 1.807) is 0 Å². The molecular formula is C17H33N. The second kappa shape index (κ2) is 6.93. The first-order valence-corrected chi connectivity index (χ1v) is 8.40. The third-order valence-electron chi connectivity index (χ3n) is 5.80. The fraction of sp³-hybridized carbons (Fsp3) is 1.00. The number of rotatable bonds is 4. The number of nitrogens with one attached hydrogen (secondary N) is 1. The predicted octanol–water partition coefficient (Wildman–Crippen LogP) is 4.62. The lowest BCUT2D eigenvalue weighted by Crippen LogP contribution is -2.41. The maximum atomic E-state index is 3.86. The molecule has 0 heterocycles. The summed E-state index contributed by atoms with van der Waals surface area (Å²) < 4.78 is 0. The van der Waals surface area contributed by atoms with Crippen molar-refractivity contribution in [3.8, 4) is 0 Å². The Labute approximate surface area is 114 Å². The summed E-state index contributed by atoms with van der Waals surface area (Å²) in [5.74, 6) is 3.82. The summed E-state index contributed by atoms with van der Waals surface area (Å²) in [5.41, 5.74) is 0. The SMILES string of the molecule is CC1CCC(CCNC2CCCC(C)C2C)CC1. The zero-order valence-corrected chi connectivity index (χ0v) is 12.8. The van der Waals surface area contributed by atoms with Gasteiger partial charge in [0.1, 0.15) is 0 Å². The van der Waals surface area contributed by atoms with Crippen LogP contribution in [0.3, 0.4) is 0 Å². The lowest BCUT2D eigenvalue weighted by atomic mass is 9.77. The van der Waals surface area contributed by atoms with E-state index in [-0.39, 0.29) is 0 Å². The van der Waals surface area contributed by atoms with Crippen molar-refractivity contribution >= 4 is 0 Å². The Kier molecular flexibility index (Phi) is 5.54. The van der Waals surface area contributed by atoms with Crippen molar-refractivity contribution in [1.29, 1.82) is 0 Å². The van der Waals surface area contributed by atoms with Crippen molar-refractivity contribution in [3.05, 3.63) is 0 Å². The molecule has 0 aromatic carbocycles. The Balaban J connectivity index is 1.62. The molecule has 0 aromatic heterocycles. The molecule has 3 unspecified atom stereocenters. The lowest BCUT2D eigenvalue weighted by molar-refractivity contribution is 0.199. The Morgan fingerprint density at radius 2 is 1.61 bits per heavy atom. The minimum Gasteiger partial charge on any atom is -0.314 e. The minimum atomic E-state index is 0.802. The molecular weight excluding hydrogens is 218 g/mol. The van der Waals surface area contributed by atoms with Crippen LogP contribution in [0.5, 0.6) is 0 Å². The monoisotopic (exact) mass is 251 g/mol.